The van der Waals surface area contributed by atoms with E-state index in [1.54, 1.807) is 0 Å². The molecule has 2 rings (SSSR count). The number of nitrogens with one attached hydrogen (secondary N) is 1. The molecule has 0 aromatic heterocycles. The molecular formula is C14H14Cl3NO. The maximum atomic E-state index is 5.92. The zero-order valence-corrected chi connectivity index (χ0v) is 12.4. The number of hydrogen-bond donors (Lipinski definition) is 1. The number of halogens is 3. The summed E-state index contributed by atoms with van der Waals surface area (Å²) in [6, 6.07) is 15.4. The molecule has 0 amide bonds. The number of para-hydroxylation sites is 1. The van der Waals surface area contributed by atoms with E-state index in [-0.39, 0.29) is 12.4 Å². The molecular weight excluding hydrogens is 305 g/mol. The zero-order chi connectivity index (χ0) is 12.8. The first kappa shape index (κ1) is 16.1. The van der Waals surface area contributed by atoms with Gasteiger partial charge in [-0.05, 0) is 35.5 Å². The summed E-state index contributed by atoms with van der Waals surface area (Å²) in [6.45, 7) is 1.05. The van der Waals surface area contributed by atoms with Crippen LogP contribution in [0.25, 0.3) is 0 Å². The van der Waals surface area contributed by atoms with Gasteiger partial charge in [0.2, 0.25) is 0 Å². The second kappa shape index (κ2) is 8.28. The molecule has 0 heterocycles. The lowest BCUT2D eigenvalue weighted by atomic mass is 10.2. The second-order valence-corrected chi connectivity index (χ2v) is 4.54. The fourth-order valence-corrected chi connectivity index (χ4v) is 2.01. The van der Waals surface area contributed by atoms with Crippen molar-refractivity contribution in [2.24, 2.45) is 0 Å². The SMILES string of the molecule is Cl.ClNCc1ccccc1OCc1cccc(Cl)c1. The van der Waals surface area contributed by atoms with Gasteiger partial charge in [-0.2, -0.15) is 0 Å². The highest BCUT2D eigenvalue weighted by Crippen LogP contribution is 2.20. The van der Waals surface area contributed by atoms with Crippen LogP contribution in [0.2, 0.25) is 5.02 Å². The van der Waals surface area contributed by atoms with E-state index in [0.29, 0.717) is 18.2 Å². The van der Waals surface area contributed by atoms with Crippen LogP contribution in [0.15, 0.2) is 48.5 Å². The van der Waals surface area contributed by atoms with Gasteiger partial charge >= 0.3 is 0 Å². The molecule has 0 bridgehead atoms. The topological polar surface area (TPSA) is 21.3 Å². The van der Waals surface area contributed by atoms with E-state index >= 15 is 0 Å². The van der Waals surface area contributed by atoms with Crippen molar-refractivity contribution in [3.8, 4) is 5.75 Å². The molecule has 0 aliphatic rings. The van der Waals surface area contributed by atoms with Crippen molar-refractivity contribution in [1.29, 1.82) is 0 Å². The maximum Gasteiger partial charge on any atom is 0.124 e. The van der Waals surface area contributed by atoms with Gasteiger partial charge in [0.1, 0.15) is 12.4 Å². The first-order valence-corrected chi connectivity index (χ1v) is 6.34. The van der Waals surface area contributed by atoms with Crippen LogP contribution < -0.4 is 9.57 Å². The van der Waals surface area contributed by atoms with E-state index < -0.39 is 0 Å². The second-order valence-electron chi connectivity index (χ2n) is 3.84. The van der Waals surface area contributed by atoms with Crippen LogP contribution in [0.1, 0.15) is 11.1 Å². The van der Waals surface area contributed by atoms with Gasteiger partial charge in [0, 0.05) is 17.1 Å². The molecule has 2 aromatic carbocycles. The Bertz CT molecular complexity index is 520. The van der Waals surface area contributed by atoms with Crippen LogP contribution in [-0.2, 0) is 13.2 Å². The smallest absolute Gasteiger partial charge is 0.124 e. The van der Waals surface area contributed by atoms with Gasteiger partial charge in [0.25, 0.3) is 0 Å². The van der Waals surface area contributed by atoms with Crippen molar-refractivity contribution >= 4 is 35.8 Å². The number of ether oxygens (including phenoxy) is 1. The van der Waals surface area contributed by atoms with E-state index in [4.69, 9.17) is 28.1 Å². The lowest BCUT2D eigenvalue weighted by molar-refractivity contribution is 0.303. The molecule has 0 radical (unpaired) electrons. The van der Waals surface area contributed by atoms with Gasteiger partial charge in [-0.3, -0.25) is 0 Å². The monoisotopic (exact) mass is 317 g/mol. The molecule has 0 saturated heterocycles. The van der Waals surface area contributed by atoms with E-state index in [9.17, 15) is 0 Å². The van der Waals surface area contributed by atoms with Gasteiger partial charge in [0.05, 0.1) is 0 Å². The molecule has 19 heavy (non-hydrogen) atoms. The summed E-state index contributed by atoms with van der Waals surface area (Å²) in [5.74, 6) is 0.825. The lowest BCUT2D eigenvalue weighted by Crippen LogP contribution is -2.03. The van der Waals surface area contributed by atoms with Crippen molar-refractivity contribution in [3.63, 3.8) is 0 Å². The normalized spacial score (nSPS) is 9.79. The summed E-state index contributed by atoms with van der Waals surface area (Å²) >= 11 is 11.4. The van der Waals surface area contributed by atoms with E-state index in [1.165, 1.54) is 0 Å². The highest BCUT2D eigenvalue weighted by molar-refractivity contribution is 6.30. The summed E-state index contributed by atoms with van der Waals surface area (Å²) < 4.78 is 5.77. The quantitative estimate of drug-likeness (QED) is 0.815. The lowest BCUT2D eigenvalue weighted by Gasteiger charge is -2.10. The Morgan fingerprint density at radius 2 is 1.84 bits per heavy atom. The van der Waals surface area contributed by atoms with Crippen LogP contribution in [0.3, 0.4) is 0 Å². The standard InChI is InChI=1S/C14H13Cl2NO.ClH/c15-13-6-3-4-11(8-13)10-18-14-7-2-1-5-12(14)9-17-16;/h1-8,17H,9-10H2;1H. The highest BCUT2D eigenvalue weighted by atomic mass is 35.5. The third-order valence-corrected chi connectivity index (χ3v) is 2.88. The van der Waals surface area contributed by atoms with Gasteiger partial charge in [0.15, 0.2) is 0 Å². The molecule has 0 fully saturated rings. The largest absolute Gasteiger partial charge is 0.489 e. The van der Waals surface area contributed by atoms with Crippen LogP contribution in [0, 0.1) is 0 Å². The summed E-state index contributed by atoms with van der Waals surface area (Å²) in [6.07, 6.45) is 0. The van der Waals surface area contributed by atoms with Crippen molar-refractivity contribution < 1.29 is 4.74 Å². The van der Waals surface area contributed by atoms with Crippen LogP contribution in [0.5, 0.6) is 5.75 Å². The Hall–Kier alpha value is -0.930. The van der Waals surface area contributed by atoms with Crippen molar-refractivity contribution in [2.45, 2.75) is 13.2 Å². The molecule has 0 spiro atoms. The Balaban J connectivity index is 0.00000180. The average molecular weight is 319 g/mol. The number of rotatable bonds is 5. The Kier molecular flexibility index (Phi) is 7.03. The van der Waals surface area contributed by atoms with Crippen LogP contribution in [-0.4, -0.2) is 0 Å². The molecule has 102 valence electrons. The van der Waals surface area contributed by atoms with Gasteiger partial charge in [-0.1, -0.05) is 41.9 Å². The summed E-state index contributed by atoms with van der Waals surface area (Å²) in [5.41, 5.74) is 2.06. The Morgan fingerprint density at radius 1 is 1.05 bits per heavy atom. The van der Waals surface area contributed by atoms with Gasteiger partial charge in [-0.25, -0.2) is 4.84 Å². The van der Waals surface area contributed by atoms with Crippen molar-refractivity contribution in [1.82, 2.24) is 4.84 Å². The predicted molar refractivity (Wildman–Crippen MR) is 82.2 cm³/mol. The molecule has 2 nitrogen and oxygen atoms in total. The summed E-state index contributed by atoms with van der Waals surface area (Å²) in [7, 11) is 0. The minimum atomic E-state index is 0. The summed E-state index contributed by atoms with van der Waals surface area (Å²) in [4.78, 5) is 2.60. The molecule has 0 aliphatic heterocycles. The van der Waals surface area contributed by atoms with E-state index in [1.807, 2.05) is 48.5 Å². The van der Waals surface area contributed by atoms with Gasteiger partial charge in [-0.15, -0.1) is 12.4 Å². The maximum absolute atomic E-state index is 5.92. The third-order valence-electron chi connectivity index (χ3n) is 2.51. The molecule has 2 aromatic rings. The van der Waals surface area contributed by atoms with E-state index in [0.717, 1.165) is 16.9 Å². The predicted octanol–water partition coefficient (Wildman–Crippen LogP) is 4.58. The molecule has 0 saturated carbocycles. The summed E-state index contributed by atoms with van der Waals surface area (Å²) in [5, 5.41) is 0.715. The van der Waals surface area contributed by atoms with Crippen LogP contribution >= 0.6 is 35.8 Å². The molecule has 0 aliphatic carbocycles. The number of hydrogen-bond acceptors (Lipinski definition) is 2. The molecule has 0 unspecified atom stereocenters. The first-order valence-electron chi connectivity index (χ1n) is 5.58. The molecule has 1 N–H and O–H groups in total. The third kappa shape index (κ3) is 4.92. The number of benzene rings is 2. The van der Waals surface area contributed by atoms with E-state index in [2.05, 4.69) is 4.84 Å². The Labute approximate surface area is 129 Å². The molecule has 5 heteroatoms. The highest BCUT2D eigenvalue weighted by Gasteiger charge is 2.02. The van der Waals surface area contributed by atoms with Crippen LogP contribution in [0.4, 0.5) is 0 Å². The fourth-order valence-electron chi connectivity index (χ4n) is 1.65. The van der Waals surface area contributed by atoms with Crippen molar-refractivity contribution in [2.75, 3.05) is 0 Å². The first-order chi connectivity index (χ1) is 8.79. The Morgan fingerprint density at radius 3 is 2.58 bits per heavy atom. The zero-order valence-electron chi connectivity index (χ0n) is 10.1. The van der Waals surface area contributed by atoms with Crippen molar-refractivity contribution in [3.05, 3.63) is 64.7 Å². The van der Waals surface area contributed by atoms with Gasteiger partial charge < -0.3 is 4.74 Å². The molecule has 0 atom stereocenters. The minimum Gasteiger partial charge on any atom is -0.489 e. The minimum absolute atomic E-state index is 0. The average Bonchev–Trinajstić information content (AvgIpc) is 2.38. The fraction of sp³-hybridized carbons (Fsp3) is 0.143.